The number of nitrogens with zero attached hydrogens (tertiary/aromatic N) is 1. The SMILES string of the molecule is CCC(C)C(Nc1ccc2c(cc1=O)C(NC(C)=O)CCc1cc(OC)c(OC)c(OC)c1-2)C(=O)N1CCSCC1. The second-order valence-corrected chi connectivity index (χ2v) is 11.8. The molecule has 3 unspecified atom stereocenters. The van der Waals surface area contributed by atoms with E-state index in [0.29, 0.717) is 54.4 Å². The number of benzene rings is 1. The summed E-state index contributed by atoms with van der Waals surface area (Å²) < 4.78 is 17.1. The summed E-state index contributed by atoms with van der Waals surface area (Å²) in [4.78, 5) is 41.5. The first kappa shape index (κ1) is 30.6. The molecule has 0 spiro atoms. The van der Waals surface area contributed by atoms with Gasteiger partial charge in [0.15, 0.2) is 11.5 Å². The van der Waals surface area contributed by atoms with Gasteiger partial charge in [-0.2, -0.15) is 11.8 Å². The average Bonchev–Trinajstić information content (AvgIpc) is 3.22. The Morgan fingerprint density at radius 1 is 1.07 bits per heavy atom. The van der Waals surface area contributed by atoms with Gasteiger partial charge in [0.1, 0.15) is 6.04 Å². The van der Waals surface area contributed by atoms with Gasteiger partial charge in [-0.1, -0.05) is 26.3 Å². The van der Waals surface area contributed by atoms with Crippen molar-refractivity contribution in [2.24, 2.45) is 5.92 Å². The molecular weight excluding hydrogens is 542 g/mol. The number of ether oxygens (including phenoxy) is 3. The van der Waals surface area contributed by atoms with Crippen molar-refractivity contribution in [1.82, 2.24) is 10.2 Å². The summed E-state index contributed by atoms with van der Waals surface area (Å²) in [6, 6.07) is 6.20. The van der Waals surface area contributed by atoms with Crippen molar-refractivity contribution in [1.29, 1.82) is 0 Å². The molecule has 1 aliphatic carbocycles. The van der Waals surface area contributed by atoms with Crippen molar-refractivity contribution < 1.29 is 23.8 Å². The maximum Gasteiger partial charge on any atom is 0.245 e. The Bertz CT molecular complexity index is 1340. The minimum Gasteiger partial charge on any atom is -0.493 e. The summed E-state index contributed by atoms with van der Waals surface area (Å²) in [6.07, 6.45) is 1.98. The molecule has 1 saturated heterocycles. The number of amides is 2. The Morgan fingerprint density at radius 3 is 2.39 bits per heavy atom. The number of carbonyl (C=O) groups excluding carboxylic acids is 2. The van der Waals surface area contributed by atoms with E-state index in [2.05, 4.69) is 10.6 Å². The van der Waals surface area contributed by atoms with Gasteiger partial charge in [-0.3, -0.25) is 14.4 Å². The van der Waals surface area contributed by atoms with E-state index in [1.807, 2.05) is 42.6 Å². The quantitative estimate of drug-likeness (QED) is 0.451. The third kappa shape index (κ3) is 6.42. The van der Waals surface area contributed by atoms with E-state index in [1.165, 1.54) is 6.92 Å². The van der Waals surface area contributed by atoms with Gasteiger partial charge in [-0.15, -0.1) is 0 Å². The van der Waals surface area contributed by atoms with E-state index in [0.717, 1.165) is 34.6 Å². The van der Waals surface area contributed by atoms with Crippen molar-refractivity contribution in [2.75, 3.05) is 51.2 Å². The van der Waals surface area contributed by atoms with Crippen molar-refractivity contribution >= 4 is 29.3 Å². The van der Waals surface area contributed by atoms with Crippen LogP contribution in [0.1, 0.15) is 50.8 Å². The van der Waals surface area contributed by atoms with E-state index < -0.39 is 12.1 Å². The summed E-state index contributed by atoms with van der Waals surface area (Å²) in [5, 5.41) is 6.36. The first-order chi connectivity index (χ1) is 19.7. The van der Waals surface area contributed by atoms with Gasteiger partial charge in [0.25, 0.3) is 0 Å². The Labute approximate surface area is 246 Å². The van der Waals surface area contributed by atoms with Gasteiger partial charge < -0.3 is 29.7 Å². The molecule has 1 aliphatic heterocycles. The predicted octanol–water partition coefficient (Wildman–Crippen LogP) is 4.27. The molecule has 0 radical (unpaired) electrons. The lowest BCUT2D eigenvalue weighted by Crippen LogP contribution is -2.49. The van der Waals surface area contributed by atoms with Crippen LogP contribution in [-0.4, -0.2) is 68.7 Å². The van der Waals surface area contributed by atoms with Crippen molar-refractivity contribution in [3.05, 3.63) is 45.6 Å². The molecule has 2 aromatic rings. The summed E-state index contributed by atoms with van der Waals surface area (Å²) in [5.41, 5.74) is 3.26. The lowest BCUT2D eigenvalue weighted by atomic mass is 9.95. The molecule has 2 N–H and O–H groups in total. The second kappa shape index (κ2) is 13.5. The Hall–Kier alpha value is -3.40. The van der Waals surface area contributed by atoms with Gasteiger partial charge in [-0.05, 0) is 53.6 Å². The minimum atomic E-state index is -0.532. The summed E-state index contributed by atoms with van der Waals surface area (Å²) in [6.45, 7) is 6.97. The zero-order chi connectivity index (χ0) is 29.7. The number of hydrogen-bond acceptors (Lipinski definition) is 8. The van der Waals surface area contributed by atoms with Gasteiger partial charge in [0, 0.05) is 37.1 Å². The van der Waals surface area contributed by atoms with Crippen LogP contribution in [-0.2, 0) is 16.0 Å². The molecule has 10 heteroatoms. The molecule has 3 atom stereocenters. The average molecular weight is 584 g/mol. The number of hydrogen-bond donors (Lipinski definition) is 2. The number of fused-ring (bicyclic) bond motifs is 3. The monoisotopic (exact) mass is 583 g/mol. The standard InChI is InChI=1S/C31H41N3O6S/c1-7-18(2)28(31(37)34-12-14-41-15-13-34)33-24-11-9-21-22(17-25(24)36)23(32-19(3)35)10-8-20-16-26(38-4)29(39-5)30(40-6)27(20)21/h9,11,16-18,23,28H,7-8,10,12-15H2,1-6H3,(H,32,35)(H,33,36). The fourth-order valence-electron chi connectivity index (χ4n) is 5.66. The van der Waals surface area contributed by atoms with Crippen molar-refractivity contribution in [2.45, 2.75) is 52.1 Å². The van der Waals surface area contributed by atoms with Gasteiger partial charge in [0.05, 0.1) is 33.1 Å². The Balaban J connectivity index is 1.88. The van der Waals surface area contributed by atoms with Crippen LogP contribution >= 0.6 is 11.8 Å². The molecule has 0 saturated carbocycles. The first-order valence-electron chi connectivity index (χ1n) is 14.1. The highest BCUT2D eigenvalue weighted by molar-refractivity contribution is 7.99. The fraction of sp³-hybridized carbons (Fsp3) is 0.516. The zero-order valence-corrected chi connectivity index (χ0v) is 25.6. The number of carbonyl (C=O) groups is 2. The van der Waals surface area contributed by atoms with E-state index >= 15 is 0 Å². The molecule has 4 rings (SSSR count). The van der Waals surface area contributed by atoms with Crippen molar-refractivity contribution in [3.8, 4) is 28.4 Å². The lowest BCUT2D eigenvalue weighted by molar-refractivity contribution is -0.132. The van der Waals surface area contributed by atoms with Crippen LogP contribution in [0.5, 0.6) is 17.2 Å². The smallest absolute Gasteiger partial charge is 0.245 e. The zero-order valence-electron chi connectivity index (χ0n) is 24.8. The molecule has 0 aromatic heterocycles. The van der Waals surface area contributed by atoms with Crippen LogP contribution in [0.25, 0.3) is 11.1 Å². The molecular formula is C31H41N3O6S. The number of rotatable bonds is 9. The van der Waals surface area contributed by atoms with Crippen LogP contribution in [0.4, 0.5) is 5.69 Å². The number of aryl methyl sites for hydroxylation is 1. The van der Waals surface area contributed by atoms with E-state index in [4.69, 9.17) is 14.2 Å². The van der Waals surface area contributed by atoms with E-state index in [9.17, 15) is 14.4 Å². The summed E-state index contributed by atoms with van der Waals surface area (Å²) >= 11 is 1.85. The highest BCUT2D eigenvalue weighted by Crippen LogP contribution is 2.50. The molecule has 41 heavy (non-hydrogen) atoms. The number of thioether (sulfide) groups is 1. The van der Waals surface area contributed by atoms with Crippen LogP contribution < -0.4 is 30.3 Å². The summed E-state index contributed by atoms with van der Waals surface area (Å²) in [7, 11) is 4.71. The van der Waals surface area contributed by atoms with Crippen LogP contribution in [0.3, 0.4) is 0 Å². The topological polar surface area (TPSA) is 106 Å². The maximum atomic E-state index is 13.8. The number of anilines is 1. The van der Waals surface area contributed by atoms with E-state index in [-0.39, 0.29) is 23.2 Å². The highest BCUT2D eigenvalue weighted by Gasteiger charge is 2.32. The van der Waals surface area contributed by atoms with Crippen molar-refractivity contribution in [3.63, 3.8) is 0 Å². The predicted molar refractivity (Wildman–Crippen MR) is 163 cm³/mol. The molecule has 2 amide bonds. The van der Waals surface area contributed by atoms with Gasteiger partial charge in [-0.25, -0.2) is 0 Å². The largest absolute Gasteiger partial charge is 0.493 e. The normalized spacial score (nSPS) is 17.7. The fourth-order valence-corrected chi connectivity index (χ4v) is 6.56. The molecule has 9 nitrogen and oxygen atoms in total. The molecule has 222 valence electrons. The van der Waals surface area contributed by atoms with Gasteiger partial charge >= 0.3 is 0 Å². The maximum absolute atomic E-state index is 13.8. The third-order valence-corrected chi connectivity index (χ3v) is 8.97. The first-order valence-corrected chi connectivity index (χ1v) is 15.3. The molecule has 1 fully saturated rings. The van der Waals surface area contributed by atoms with Crippen LogP contribution in [0.2, 0.25) is 0 Å². The number of nitrogens with one attached hydrogen (secondary N) is 2. The minimum absolute atomic E-state index is 0.0180. The Morgan fingerprint density at radius 2 is 1.78 bits per heavy atom. The van der Waals surface area contributed by atoms with Crippen LogP contribution in [0, 0.1) is 5.92 Å². The lowest BCUT2D eigenvalue weighted by Gasteiger charge is -2.33. The molecule has 0 bridgehead atoms. The highest BCUT2D eigenvalue weighted by atomic mass is 32.2. The number of methoxy groups -OCH3 is 3. The van der Waals surface area contributed by atoms with Gasteiger partial charge in [0.2, 0.25) is 23.0 Å². The van der Waals surface area contributed by atoms with E-state index in [1.54, 1.807) is 33.5 Å². The summed E-state index contributed by atoms with van der Waals surface area (Å²) in [5.74, 6) is 3.17. The van der Waals surface area contributed by atoms with Crippen LogP contribution in [0.15, 0.2) is 29.1 Å². The Kier molecular flexibility index (Phi) is 10.1. The molecule has 2 aromatic carbocycles. The third-order valence-electron chi connectivity index (χ3n) is 8.03. The molecule has 1 heterocycles. The second-order valence-electron chi connectivity index (χ2n) is 10.5. The molecule has 2 aliphatic rings.